The summed E-state index contributed by atoms with van der Waals surface area (Å²) in [5.41, 5.74) is 3.60. The van der Waals surface area contributed by atoms with Crippen LogP contribution in [0.25, 0.3) is 10.9 Å². The number of benzene rings is 2. The molecule has 0 bridgehead atoms. The summed E-state index contributed by atoms with van der Waals surface area (Å²) in [7, 11) is 0. The Hall–Kier alpha value is -2.58. The number of alkyl halides is 3. The number of likely N-dealkylation sites (tertiary alicyclic amines) is 1. The van der Waals surface area contributed by atoms with Crippen LogP contribution in [0.2, 0.25) is 0 Å². The molecule has 3 aromatic rings. The Labute approximate surface area is 282 Å². The molecule has 1 unspecified atom stereocenters. The van der Waals surface area contributed by atoms with Crippen molar-refractivity contribution in [3.63, 3.8) is 0 Å². The van der Waals surface area contributed by atoms with Crippen LogP contribution in [-0.2, 0) is 27.9 Å². The molecule has 1 aliphatic carbocycles. The lowest BCUT2D eigenvalue weighted by Gasteiger charge is -2.56. The van der Waals surface area contributed by atoms with Gasteiger partial charge in [0.2, 0.25) is 11.8 Å². The van der Waals surface area contributed by atoms with E-state index in [1.165, 1.54) is 12.1 Å². The zero-order valence-corrected chi connectivity index (χ0v) is 28.3. The number of carbonyl (C=O) groups is 2. The van der Waals surface area contributed by atoms with Crippen LogP contribution in [0.15, 0.2) is 48.7 Å². The van der Waals surface area contributed by atoms with Gasteiger partial charge in [-0.3, -0.25) is 24.8 Å². The zero-order chi connectivity index (χ0) is 33.7. The van der Waals surface area contributed by atoms with Crippen LogP contribution in [0.4, 0.5) is 17.6 Å². The third-order valence-electron chi connectivity index (χ3n) is 9.60. The van der Waals surface area contributed by atoms with Gasteiger partial charge < -0.3 is 5.11 Å². The molecule has 46 heavy (non-hydrogen) atoms. The molecule has 6 rings (SSSR count). The van der Waals surface area contributed by atoms with E-state index in [1.54, 1.807) is 46.8 Å². The van der Waals surface area contributed by atoms with Crippen molar-refractivity contribution < 1.29 is 32.3 Å². The van der Waals surface area contributed by atoms with Gasteiger partial charge in [-0.2, -0.15) is 35.5 Å². The quantitative estimate of drug-likeness (QED) is 0.125. The van der Waals surface area contributed by atoms with Gasteiger partial charge >= 0.3 is 6.18 Å². The Morgan fingerprint density at radius 3 is 2.35 bits per heavy atom. The fraction of sp³-hybridized carbons (Fsp3) is 0.500. The van der Waals surface area contributed by atoms with Crippen molar-refractivity contribution in [2.45, 2.75) is 89.5 Å². The second kappa shape index (κ2) is 15.1. The summed E-state index contributed by atoms with van der Waals surface area (Å²) in [6.07, 6.45) is 2.17. The number of nitrogens with zero attached hydrogens (tertiary/aromatic N) is 2. The molecule has 2 amide bonds. The number of halogens is 5. The standard InChI is InChI=1S/C32H33F4N3O3.C2H6.BI/c33-28-24-16-21(23-8-11-27(40)38-29(23)41)17-37-26(24)10-9-25(28)31(42)14-15-39(19-30(31)12-2-1-3-13-30)18-20-4-6-22(7-5-20)32(34,35)36;2*1-2/h4-7,9-10,16-17,23,42H,1-3,8,11-15,18-19H2,(H,38,40,41);1-2H3;/t23?,31-;;/m0../s1. The van der Waals surface area contributed by atoms with Gasteiger partial charge in [0.1, 0.15) is 11.4 Å². The lowest BCUT2D eigenvalue weighted by molar-refractivity contribution is -0.161. The van der Waals surface area contributed by atoms with Gasteiger partial charge in [0.25, 0.3) is 0 Å². The average Bonchev–Trinajstić information content (AvgIpc) is 3.05. The predicted octanol–water partition coefficient (Wildman–Crippen LogP) is 7.49. The Balaban J connectivity index is 0.00000116. The number of carbonyl (C=O) groups excluding carboxylic acids is 2. The van der Waals surface area contributed by atoms with E-state index in [-0.39, 0.29) is 29.7 Å². The molecule has 3 aliphatic rings. The first-order chi connectivity index (χ1) is 22.0. The van der Waals surface area contributed by atoms with Crippen LogP contribution in [0, 0.1) is 11.2 Å². The number of pyridine rings is 1. The molecule has 1 saturated carbocycles. The minimum absolute atomic E-state index is 0.197. The van der Waals surface area contributed by atoms with Crippen molar-refractivity contribution >= 4 is 50.8 Å². The molecular weight excluding hydrogens is 712 g/mol. The Morgan fingerprint density at radius 1 is 1.04 bits per heavy atom. The molecule has 2 aromatic carbocycles. The molecule has 2 N–H and O–H groups in total. The smallest absolute Gasteiger partial charge is 0.384 e. The number of aromatic nitrogens is 1. The molecular formula is C34H39BF4IN3O3. The molecule has 2 atom stereocenters. The fourth-order valence-corrected chi connectivity index (χ4v) is 7.34. The van der Waals surface area contributed by atoms with Crippen molar-refractivity contribution in [2.75, 3.05) is 13.1 Å². The highest BCUT2D eigenvalue weighted by Gasteiger charge is 2.55. The third kappa shape index (κ3) is 7.28. The molecule has 3 fully saturated rings. The molecule has 246 valence electrons. The van der Waals surface area contributed by atoms with E-state index in [9.17, 15) is 27.9 Å². The van der Waals surface area contributed by atoms with Crippen LogP contribution in [0.5, 0.6) is 0 Å². The molecule has 6 nitrogen and oxygen atoms in total. The molecule has 1 aromatic heterocycles. The number of piperidine rings is 2. The van der Waals surface area contributed by atoms with Gasteiger partial charge in [0.05, 0.1) is 17.0 Å². The third-order valence-corrected chi connectivity index (χ3v) is 9.60. The van der Waals surface area contributed by atoms with Gasteiger partial charge in [-0.25, -0.2) is 4.39 Å². The van der Waals surface area contributed by atoms with E-state index in [1.807, 2.05) is 13.8 Å². The highest BCUT2D eigenvalue weighted by Crippen LogP contribution is 2.55. The first-order valence-corrected chi connectivity index (χ1v) is 17.0. The molecule has 2 radical (unpaired) electrons. The summed E-state index contributed by atoms with van der Waals surface area (Å²) in [5.74, 6) is -1.92. The van der Waals surface area contributed by atoms with Crippen LogP contribution >= 0.6 is 22.4 Å². The highest BCUT2D eigenvalue weighted by molar-refractivity contribution is 14.1. The SMILES string of the molecule is CC.O=C1CCC(c2cnc3ccc([C@@]4(O)CCN(Cc5ccc(C(F)(F)F)cc5)CC45CCCCC5)c(F)c3c2)C(=O)N1.[B]I. The van der Waals surface area contributed by atoms with Gasteiger partial charge in [0, 0.05) is 48.6 Å². The van der Waals surface area contributed by atoms with Gasteiger partial charge in [-0.15, -0.1) is 0 Å². The summed E-state index contributed by atoms with van der Waals surface area (Å²) in [6.45, 7) is 5.39. The lowest BCUT2D eigenvalue weighted by atomic mass is 9.57. The maximum absolute atomic E-state index is 16.5. The monoisotopic (exact) mass is 751 g/mol. The van der Waals surface area contributed by atoms with Crippen molar-refractivity contribution in [1.82, 2.24) is 15.2 Å². The number of hydrogen-bond acceptors (Lipinski definition) is 5. The summed E-state index contributed by atoms with van der Waals surface area (Å²) in [5, 5.41) is 15.0. The predicted molar refractivity (Wildman–Crippen MR) is 179 cm³/mol. The maximum Gasteiger partial charge on any atom is 0.416 e. The summed E-state index contributed by atoms with van der Waals surface area (Å²) < 4.78 is 55.6. The summed E-state index contributed by atoms with van der Waals surface area (Å²) in [4.78, 5) is 30.6. The number of rotatable bonds is 4. The molecule has 3 heterocycles. The zero-order valence-electron chi connectivity index (χ0n) is 26.1. The normalized spacial score (nSPS) is 23.2. The number of imide groups is 1. The van der Waals surface area contributed by atoms with E-state index >= 15 is 4.39 Å². The number of aliphatic hydroxyl groups is 1. The second-order valence-electron chi connectivity index (χ2n) is 12.1. The van der Waals surface area contributed by atoms with Crippen LogP contribution in [0.3, 0.4) is 0 Å². The van der Waals surface area contributed by atoms with E-state index in [0.717, 1.165) is 37.0 Å². The van der Waals surface area contributed by atoms with Crippen LogP contribution in [-0.4, -0.2) is 45.6 Å². The van der Waals surface area contributed by atoms with E-state index < -0.39 is 40.4 Å². The van der Waals surface area contributed by atoms with Gasteiger partial charge in [0.15, 0.2) is 5.70 Å². The summed E-state index contributed by atoms with van der Waals surface area (Å²) in [6, 6.07) is 10.1. The van der Waals surface area contributed by atoms with Crippen LogP contribution in [0.1, 0.15) is 93.4 Å². The number of amides is 2. The van der Waals surface area contributed by atoms with E-state index in [4.69, 9.17) is 0 Å². The number of nitrogens with one attached hydrogen (secondary N) is 1. The highest BCUT2D eigenvalue weighted by atomic mass is 127. The molecule has 1 spiro atoms. The Morgan fingerprint density at radius 2 is 1.72 bits per heavy atom. The largest absolute Gasteiger partial charge is 0.416 e. The van der Waals surface area contributed by atoms with E-state index in [0.29, 0.717) is 50.0 Å². The van der Waals surface area contributed by atoms with Crippen molar-refractivity contribution in [3.8, 4) is 0 Å². The second-order valence-corrected chi connectivity index (χ2v) is 12.1. The van der Waals surface area contributed by atoms with Gasteiger partial charge in [-0.1, -0.05) is 51.3 Å². The Bertz CT molecular complexity index is 1530. The topological polar surface area (TPSA) is 82.5 Å². The number of fused-ring (bicyclic) bond motifs is 1. The Kier molecular flexibility index (Phi) is 11.9. The molecule has 2 aliphatic heterocycles. The first-order valence-electron chi connectivity index (χ1n) is 15.7. The van der Waals surface area contributed by atoms with Crippen LogP contribution < -0.4 is 5.32 Å². The van der Waals surface area contributed by atoms with Gasteiger partial charge in [-0.05, 0) is 61.1 Å². The first kappa shape index (κ1) is 36.3. The molecule has 12 heteroatoms. The summed E-state index contributed by atoms with van der Waals surface area (Å²) >= 11 is 1.65. The number of hydrogen-bond donors (Lipinski definition) is 2. The average molecular weight is 751 g/mol. The molecule has 2 saturated heterocycles. The van der Waals surface area contributed by atoms with Crippen molar-refractivity contribution in [2.24, 2.45) is 5.41 Å². The fourth-order valence-electron chi connectivity index (χ4n) is 7.34. The van der Waals surface area contributed by atoms with Crippen molar-refractivity contribution in [3.05, 3.63) is 76.7 Å². The minimum Gasteiger partial charge on any atom is -0.384 e. The maximum atomic E-state index is 16.5. The lowest BCUT2D eigenvalue weighted by Crippen LogP contribution is -2.58. The van der Waals surface area contributed by atoms with Crippen molar-refractivity contribution in [1.29, 1.82) is 0 Å². The van der Waals surface area contributed by atoms with E-state index in [2.05, 4.69) is 20.9 Å². The minimum atomic E-state index is -4.39.